The molecule has 2 N–H and O–H groups in total. The van der Waals surface area contributed by atoms with E-state index < -0.39 is 0 Å². The van der Waals surface area contributed by atoms with Crippen molar-refractivity contribution in [3.63, 3.8) is 0 Å². The Labute approximate surface area is 172 Å². The molecule has 9 heteroatoms. The van der Waals surface area contributed by atoms with E-state index in [0.717, 1.165) is 11.4 Å². The third kappa shape index (κ3) is 4.30. The number of hydrogen-bond donors (Lipinski definition) is 2. The van der Waals surface area contributed by atoms with Crippen molar-refractivity contribution in [1.82, 2.24) is 24.6 Å². The van der Waals surface area contributed by atoms with Crippen LogP contribution in [0.4, 0.5) is 11.4 Å². The van der Waals surface area contributed by atoms with Crippen LogP contribution in [0.25, 0.3) is 5.78 Å². The van der Waals surface area contributed by atoms with Crippen LogP contribution in [0.15, 0.2) is 54.9 Å². The number of nitrogens with zero attached hydrogens (tertiary/aromatic N) is 5. The Balaban J connectivity index is 1.44. The van der Waals surface area contributed by atoms with Crippen molar-refractivity contribution in [3.8, 4) is 0 Å². The highest BCUT2D eigenvalue weighted by Gasteiger charge is 2.13. The summed E-state index contributed by atoms with van der Waals surface area (Å²) >= 11 is 0. The van der Waals surface area contributed by atoms with Crippen LogP contribution < -0.4 is 10.6 Å². The number of aryl methyl sites for hydroxylation is 2. The lowest BCUT2D eigenvalue weighted by Crippen LogP contribution is -2.16. The molecule has 4 rings (SSSR count). The van der Waals surface area contributed by atoms with Crippen molar-refractivity contribution in [1.29, 1.82) is 0 Å². The van der Waals surface area contributed by atoms with Crippen LogP contribution in [0.5, 0.6) is 0 Å². The molecule has 0 saturated heterocycles. The highest BCUT2D eigenvalue weighted by atomic mass is 16.2. The van der Waals surface area contributed by atoms with Gasteiger partial charge in [0.1, 0.15) is 0 Å². The SMILES string of the molecule is Cc1cc(C)n2nc(CC(=O)Nc3cccc(C(=O)Nc4ccncc4)c3)nc2n1. The summed E-state index contributed by atoms with van der Waals surface area (Å²) in [6.45, 7) is 3.79. The van der Waals surface area contributed by atoms with Crippen LogP contribution in [0, 0.1) is 13.8 Å². The van der Waals surface area contributed by atoms with E-state index in [-0.39, 0.29) is 18.2 Å². The minimum absolute atomic E-state index is 0.00468. The summed E-state index contributed by atoms with van der Waals surface area (Å²) in [5.41, 5.74) is 3.30. The van der Waals surface area contributed by atoms with Gasteiger partial charge in [0, 0.05) is 40.7 Å². The van der Waals surface area contributed by atoms with E-state index in [0.29, 0.717) is 28.5 Å². The molecule has 0 unspecified atom stereocenters. The first kappa shape index (κ1) is 19.2. The number of rotatable bonds is 5. The summed E-state index contributed by atoms with van der Waals surface area (Å²) in [4.78, 5) is 37.4. The van der Waals surface area contributed by atoms with Gasteiger partial charge in [0.15, 0.2) is 5.82 Å². The molecule has 0 aliphatic rings. The predicted octanol–water partition coefficient (Wildman–Crippen LogP) is 2.57. The van der Waals surface area contributed by atoms with Crippen molar-refractivity contribution in [2.75, 3.05) is 10.6 Å². The molecule has 150 valence electrons. The van der Waals surface area contributed by atoms with Crippen LogP contribution in [0.1, 0.15) is 27.6 Å². The second kappa shape index (κ2) is 8.08. The normalized spacial score (nSPS) is 10.7. The number of carbonyl (C=O) groups excluding carboxylic acids is 2. The average molecular weight is 401 g/mol. The van der Waals surface area contributed by atoms with Crippen molar-refractivity contribution >= 4 is 29.0 Å². The standard InChI is InChI=1S/C21H19N7O2/c1-13-10-14(2)28-21(23-13)26-18(27-28)12-19(29)24-17-5-3-4-15(11-17)20(30)25-16-6-8-22-9-7-16/h3-11H,12H2,1-2H3,(H,24,29)(H,22,25,30). The number of hydrogen-bond acceptors (Lipinski definition) is 6. The number of fused-ring (bicyclic) bond motifs is 1. The number of carbonyl (C=O) groups is 2. The van der Waals surface area contributed by atoms with Gasteiger partial charge in [-0.3, -0.25) is 14.6 Å². The van der Waals surface area contributed by atoms with Crippen LogP contribution in [-0.4, -0.2) is 36.4 Å². The molecule has 9 nitrogen and oxygen atoms in total. The molecule has 2 amide bonds. The largest absolute Gasteiger partial charge is 0.326 e. The molecular weight excluding hydrogens is 382 g/mol. The molecule has 0 spiro atoms. The molecule has 3 heterocycles. The first-order valence-electron chi connectivity index (χ1n) is 9.29. The molecule has 0 atom stereocenters. The Bertz CT molecular complexity index is 1230. The van der Waals surface area contributed by atoms with Gasteiger partial charge in [-0.2, -0.15) is 4.98 Å². The maximum atomic E-state index is 12.5. The van der Waals surface area contributed by atoms with E-state index in [1.54, 1.807) is 53.3 Å². The van der Waals surface area contributed by atoms with Gasteiger partial charge in [0.2, 0.25) is 5.91 Å². The van der Waals surface area contributed by atoms with Gasteiger partial charge in [0.05, 0.1) is 6.42 Å². The lowest BCUT2D eigenvalue weighted by atomic mass is 10.2. The first-order chi connectivity index (χ1) is 14.5. The van der Waals surface area contributed by atoms with E-state index in [4.69, 9.17) is 0 Å². The van der Waals surface area contributed by atoms with Gasteiger partial charge in [0.25, 0.3) is 11.7 Å². The summed E-state index contributed by atoms with van der Waals surface area (Å²) < 4.78 is 1.61. The van der Waals surface area contributed by atoms with Gasteiger partial charge >= 0.3 is 0 Å². The second-order valence-electron chi connectivity index (χ2n) is 6.77. The van der Waals surface area contributed by atoms with Gasteiger partial charge in [-0.1, -0.05) is 6.07 Å². The molecule has 0 aliphatic heterocycles. The zero-order valence-corrected chi connectivity index (χ0v) is 16.5. The van der Waals surface area contributed by atoms with E-state index >= 15 is 0 Å². The molecule has 4 aromatic rings. The van der Waals surface area contributed by atoms with E-state index in [1.165, 1.54) is 0 Å². The number of benzene rings is 1. The van der Waals surface area contributed by atoms with Crippen LogP contribution in [0.2, 0.25) is 0 Å². The minimum atomic E-state index is -0.285. The van der Waals surface area contributed by atoms with Gasteiger partial charge in [-0.25, -0.2) is 9.50 Å². The maximum absolute atomic E-state index is 12.5. The molecule has 0 aliphatic carbocycles. The Morgan fingerprint density at radius 3 is 2.57 bits per heavy atom. The minimum Gasteiger partial charge on any atom is -0.326 e. The Hall–Kier alpha value is -4.14. The summed E-state index contributed by atoms with van der Waals surface area (Å²) in [5.74, 6) is 0.272. The van der Waals surface area contributed by atoms with Crippen LogP contribution in [-0.2, 0) is 11.2 Å². The maximum Gasteiger partial charge on any atom is 0.255 e. The molecule has 30 heavy (non-hydrogen) atoms. The summed E-state index contributed by atoms with van der Waals surface area (Å²) in [6, 6.07) is 12.0. The van der Waals surface area contributed by atoms with Crippen LogP contribution >= 0.6 is 0 Å². The fourth-order valence-corrected chi connectivity index (χ4v) is 3.01. The molecule has 0 bridgehead atoms. The third-order valence-electron chi connectivity index (χ3n) is 4.33. The lowest BCUT2D eigenvalue weighted by Gasteiger charge is -2.08. The number of anilines is 2. The fraction of sp³-hybridized carbons (Fsp3) is 0.143. The van der Waals surface area contributed by atoms with Crippen molar-refractivity contribution in [2.24, 2.45) is 0 Å². The zero-order chi connectivity index (χ0) is 21.1. The number of nitrogens with one attached hydrogen (secondary N) is 2. The van der Waals surface area contributed by atoms with Gasteiger partial charge in [-0.05, 0) is 50.2 Å². The molecule has 0 radical (unpaired) electrons. The monoisotopic (exact) mass is 401 g/mol. The zero-order valence-electron chi connectivity index (χ0n) is 16.5. The van der Waals surface area contributed by atoms with Crippen molar-refractivity contribution < 1.29 is 9.59 Å². The van der Waals surface area contributed by atoms with E-state index in [2.05, 4.69) is 30.7 Å². The summed E-state index contributed by atoms with van der Waals surface area (Å²) in [7, 11) is 0. The topological polar surface area (TPSA) is 114 Å². The summed E-state index contributed by atoms with van der Waals surface area (Å²) in [5, 5.41) is 9.90. The molecule has 1 aromatic carbocycles. The second-order valence-corrected chi connectivity index (χ2v) is 6.77. The van der Waals surface area contributed by atoms with Gasteiger partial charge < -0.3 is 10.6 Å². The number of aromatic nitrogens is 5. The van der Waals surface area contributed by atoms with Crippen molar-refractivity contribution in [3.05, 3.63) is 77.6 Å². The average Bonchev–Trinajstić information content (AvgIpc) is 3.11. The van der Waals surface area contributed by atoms with E-state index in [9.17, 15) is 9.59 Å². The van der Waals surface area contributed by atoms with E-state index in [1.807, 2.05) is 19.9 Å². The third-order valence-corrected chi connectivity index (χ3v) is 4.33. The first-order valence-corrected chi connectivity index (χ1v) is 9.29. The summed E-state index contributed by atoms with van der Waals surface area (Å²) in [6.07, 6.45) is 3.19. The molecule has 0 fully saturated rings. The Morgan fingerprint density at radius 2 is 1.77 bits per heavy atom. The highest BCUT2D eigenvalue weighted by Crippen LogP contribution is 2.14. The Morgan fingerprint density at radius 1 is 0.967 bits per heavy atom. The fourth-order valence-electron chi connectivity index (χ4n) is 3.01. The quantitative estimate of drug-likeness (QED) is 0.531. The molecule has 3 aromatic heterocycles. The van der Waals surface area contributed by atoms with Gasteiger partial charge in [-0.15, -0.1) is 5.10 Å². The smallest absolute Gasteiger partial charge is 0.255 e. The predicted molar refractivity (Wildman–Crippen MR) is 111 cm³/mol. The molecule has 0 saturated carbocycles. The highest BCUT2D eigenvalue weighted by molar-refractivity contribution is 6.05. The number of amides is 2. The number of pyridine rings is 1. The van der Waals surface area contributed by atoms with Crippen molar-refractivity contribution in [2.45, 2.75) is 20.3 Å². The Kier molecular flexibility index (Phi) is 5.17. The van der Waals surface area contributed by atoms with Crippen LogP contribution in [0.3, 0.4) is 0 Å². The molecular formula is C21H19N7O2. The lowest BCUT2D eigenvalue weighted by molar-refractivity contribution is -0.115.